The summed E-state index contributed by atoms with van der Waals surface area (Å²) in [6.45, 7) is 10.4. The van der Waals surface area contributed by atoms with Crippen LogP contribution in [0.1, 0.15) is 26.7 Å². The number of carbonyl (C=O) groups excluding carboxylic acids is 1. The highest BCUT2D eigenvalue weighted by atomic mass is 16.6. The second-order valence-corrected chi connectivity index (χ2v) is 5.37. The molecule has 0 aliphatic heterocycles. The number of unbranched alkanes of at least 4 members (excludes halogenated alkanes) is 1. The van der Waals surface area contributed by atoms with Gasteiger partial charge in [0.05, 0.1) is 72.7 Å². The Balaban J connectivity index is 2.98. The van der Waals surface area contributed by atoms with Gasteiger partial charge < -0.3 is 33.2 Å². The van der Waals surface area contributed by atoms with Crippen molar-refractivity contribution in [1.82, 2.24) is 0 Å². The van der Waals surface area contributed by atoms with E-state index in [1.54, 1.807) is 0 Å². The lowest BCUT2D eigenvalue weighted by Gasteiger charge is -2.08. The summed E-state index contributed by atoms with van der Waals surface area (Å²) >= 11 is 0. The number of rotatable bonds is 21. The first-order valence-electron chi connectivity index (χ1n) is 9.37. The van der Waals surface area contributed by atoms with Gasteiger partial charge in [-0.05, 0) is 6.42 Å². The normalized spacial score (nSPS) is 11.0. The Bertz CT molecular complexity index is 288. The van der Waals surface area contributed by atoms with Gasteiger partial charge in [-0.1, -0.05) is 13.3 Å². The lowest BCUT2D eigenvalue weighted by atomic mass is 10.4. The molecule has 0 bridgehead atoms. The Morgan fingerprint density at radius 2 is 0.846 bits per heavy atom. The van der Waals surface area contributed by atoms with E-state index in [9.17, 15) is 4.79 Å². The maximum Gasteiger partial charge on any atom is 0.302 e. The van der Waals surface area contributed by atoms with Gasteiger partial charge in [0.25, 0.3) is 0 Å². The zero-order valence-corrected chi connectivity index (χ0v) is 16.4. The van der Waals surface area contributed by atoms with Crippen molar-refractivity contribution in [2.24, 2.45) is 0 Å². The van der Waals surface area contributed by atoms with Crippen molar-refractivity contribution in [3.63, 3.8) is 0 Å². The van der Waals surface area contributed by atoms with Crippen LogP contribution in [0.4, 0.5) is 0 Å². The second-order valence-electron chi connectivity index (χ2n) is 5.37. The highest BCUT2D eigenvalue weighted by Gasteiger charge is 1.95. The molecule has 0 aromatic carbocycles. The summed E-state index contributed by atoms with van der Waals surface area (Å²) in [5.74, 6) is -0.300. The summed E-state index contributed by atoms with van der Waals surface area (Å²) in [6, 6.07) is 0. The molecule has 0 aromatic rings. The van der Waals surface area contributed by atoms with Crippen molar-refractivity contribution in [2.75, 3.05) is 85.9 Å². The van der Waals surface area contributed by atoms with Crippen LogP contribution < -0.4 is 0 Å². The first-order chi connectivity index (χ1) is 12.8. The summed E-state index contributed by atoms with van der Waals surface area (Å²) in [7, 11) is 0. The van der Waals surface area contributed by atoms with E-state index in [4.69, 9.17) is 33.2 Å². The van der Waals surface area contributed by atoms with Gasteiger partial charge >= 0.3 is 5.97 Å². The zero-order valence-electron chi connectivity index (χ0n) is 16.4. The molecule has 0 N–H and O–H groups in total. The number of ether oxygens (including phenoxy) is 7. The van der Waals surface area contributed by atoms with Crippen LogP contribution >= 0.6 is 0 Å². The average Bonchev–Trinajstić information content (AvgIpc) is 2.62. The fourth-order valence-corrected chi connectivity index (χ4v) is 1.69. The molecule has 0 saturated heterocycles. The molecule has 0 radical (unpaired) electrons. The van der Waals surface area contributed by atoms with Crippen LogP contribution in [0.25, 0.3) is 0 Å². The fraction of sp³-hybridized carbons (Fsp3) is 0.944. The molecule has 0 aromatic heterocycles. The Morgan fingerprint density at radius 3 is 1.15 bits per heavy atom. The molecule has 0 atom stereocenters. The van der Waals surface area contributed by atoms with Gasteiger partial charge in [0.15, 0.2) is 0 Å². The van der Waals surface area contributed by atoms with Gasteiger partial charge in [-0.2, -0.15) is 0 Å². The van der Waals surface area contributed by atoms with E-state index in [0.29, 0.717) is 72.7 Å². The van der Waals surface area contributed by atoms with Gasteiger partial charge in [-0.3, -0.25) is 4.79 Å². The molecular weight excluding hydrogens is 344 g/mol. The Kier molecular flexibility index (Phi) is 21.6. The summed E-state index contributed by atoms with van der Waals surface area (Å²) in [5, 5.41) is 0. The number of esters is 1. The molecule has 156 valence electrons. The quantitative estimate of drug-likeness (QED) is 0.219. The SMILES string of the molecule is CCCCOCCOCCOCCOCCOCCOCCOC(C)=O. The van der Waals surface area contributed by atoms with Crippen LogP contribution in [0.15, 0.2) is 0 Å². The summed E-state index contributed by atoms with van der Waals surface area (Å²) in [4.78, 5) is 10.5. The van der Waals surface area contributed by atoms with Crippen LogP contribution in [-0.2, 0) is 38.0 Å². The van der Waals surface area contributed by atoms with E-state index < -0.39 is 0 Å². The third-order valence-electron chi connectivity index (χ3n) is 3.04. The van der Waals surface area contributed by atoms with Gasteiger partial charge in [-0.15, -0.1) is 0 Å². The van der Waals surface area contributed by atoms with E-state index in [2.05, 4.69) is 6.92 Å². The largest absolute Gasteiger partial charge is 0.463 e. The molecule has 0 saturated carbocycles. The third-order valence-corrected chi connectivity index (χ3v) is 3.04. The first kappa shape index (κ1) is 25.2. The van der Waals surface area contributed by atoms with Crippen molar-refractivity contribution in [3.8, 4) is 0 Å². The van der Waals surface area contributed by atoms with Crippen LogP contribution in [0.2, 0.25) is 0 Å². The van der Waals surface area contributed by atoms with E-state index in [1.165, 1.54) is 6.92 Å². The van der Waals surface area contributed by atoms with E-state index in [1.807, 2.05) is 0 Å². The van der Waals surface area contributed by atoms with E-state index >= 15 is 0 Å². The molecular formula is C18H36O8. The number of hydrogen-bond acceptors (Lipinski definition) is 8. The molecule has 0 unspecified atom stereocenters. The second kappa shape index (κ2) is 22.3. The monoisotopic (exact) mass is 380 g/mol. The van der Waals surface area contributed by atoms with Crippen LogP contribution in [0.5, 0.6) is 0 Å². The van der Waals surface area contributed by atoms with Crippen molar-refractivity contribution in [1.29, 1.82) is 0 Å². The van der Waals surface area contributed by atoms with Crippen LogP contribution in [0, 0.1) is 0 Å². The minimum absolute atomic E-state index is 0.274. The van der Waals surface area contributed by atoms with Gasteiger partial charge in [0, 0.05) is 13.5 Å². The zero-order chi connectivity index (χ0) is 19.1. The molecule has 0 amide bonds. The molecule has 0 fully saturated rings. The number of carbonyl (C=O) groups is 1. The average molecular weight is 380 g/mol. The van der Waals surface area contributed by atoms with Gasteiger partial charge in [0.1, 0.15) is 6.61 Å². The Morgan fingerprint density at radius 1 is 0.538 bits per heavy atom. The van der Waals surface area contributed by atoms with Gasteiger partial charge in [-0.25, -0.2) is 0 Å². The molecule has 0 spiro atoms. The lowest BCUT2D eigenvalue weighted by Crippen LogP contribution is -2.14. The van der Waals surface area contributed by atoms with Crippen LogP contribution in [0.3, 0.4) is 0 Å². The third kappa shape index (κ3) is 23.2. The molecule has 26 heavy (non-hydrogen) atoms. The molecule has 0 aliphatic rings. The van der Waals surface area contributed by atoms with E-state index in [-0.39, 0.29) is 12.6 Å². The Hall–Kier alpha value is -0.770. The maximum atomic E-state index is 10.5. The summed E-state index contributed by atoms with van der Waals surface area (Å²) in [6.07, 6.45) is 2.25. The molecule has 8 nitrogen and oxygen atoms in total. The smallest absolute Gasteiger partial charge is 0.302 e. The standard InChI is InChI=1S/C18H36O8/c1-3-4-5-20-6-7-21-8-9-22-10-11-23-12-13-24-14-15-25-16-17-26-18(2)19/h3-17H2,1-2H3. The summed E-state index contributed by atoms with van der Waals surface area (Å²) in [5.41, 5.74) is 0. The predicted molar refractivity (Wildman–Crippen MR) is 96.5 cm³/mol. The fourth-order valence-electron chi connectivity index (χ4n) is 1.69. The Labute approximate surface area is 157 Å². The minimum atomic E-state index is -0.300. The topological polar surface area (TPSA) is 81.7 Å². The predicted octanol–water partition coefficient (Wildman–Crippen LogP) is 1.45. The highest BCUT2D eigenvalue weighted by molar-refractivity contribution is 5.65. The lowest BCUT2D eigenvalue weighted by molar-refractivity contribution is -0.142. The van der Waals surface area contributed by atoms with Crippen LogP contribution in [-0.4, -0.2) is 91.9 Å². The molecule has 0 heterocycles. The molecule has 8 heteroatoms. The minimum Gasteiger partial charge on any atom is -0.463 e. The summed E-state index contributed by atoms with van der Waals surface area (Å²) < 4.78 is 36.8. The highest BCUT2D eigenvalue weighted by Crippen LogP contribution is 1.88. The van der Waals surface area contributed by atoms with Crippen molar-refractivity contribution in [3.05, 3.63) is 0 Å². The number of hydrogen-bond donors (Lipinski definition) is 0. The van der Waals surface area contributed by atoms with Gasteiger partial charge in [0.2, 0.25) is 0 Å². The van der Waals surface area contributed by atoms with Crippen molar-refractivity contribution < 1.29 is 38.0 Å². The molecule has 0 rings (SSSR count). The molecule has 0 aliphatic carbocycles. The maximum absolute atomic E-state index is 10.5. The van der Waals surface area contributed by atoms with Crippen molar-refractivity contribution in [2.45, 2.75) is 26.7 Å². The van der Waals surface area contributed by atoms with Crippen molar-refractivity contribution >= 4 is 5.97 Å². The first-order valence-corrected chi connectivity index (χ1v) is 9.37. The van der Waals surface area contributed by atoms with E-state index in [0.717, 1.165) is 19.4 Å².